The van der Waals surface area contributed by atoms with Gasteiger partial charge in [0.15, 0.2) is 12.3 Å². The molecule has 0 fully saturated rings. The molecule has 0 aliphatic rings. The molecule has 1 N–H and O–H groups in total. The third-order valence-corrected chi connectivity index (χ3v) is 5.13. The van der Waals surface area contributed by atoms with E-state index in [2.05, 4.69) is 25.4 Å². The summed E-state index contributed by atoms with van der Waals surface area (Å²) in [4.78, 5) is 25.7. The van der Waals surface area contributed by atoms with E-state index in [4.69, 9.17) is 4.74 Å². The van der Waals surface area contributed by atoms with Crippen LogP contribution in [0.2, 0.25) is 0 Å². The molecule has 5 aromatic rings. The maximum Gasteiger partial charge on any atom is 0.262 e. The van der Waals surface area contributed by atoms with Gasteiger partial charge in [-0.2, -0.15) is 0 Å². The summed E-state index contributed by atoms with van der Waals surface area (Å²) in [5, 5.41) is 8.03. The van der Waals surface area contributed by atoms with Gasteiger partial charge in [-0.05, 0) is 43.7 Å². The summed E-state index contributed by atoms with van der Waals surface area (Å²) in [6, 6.07) is 11.3. The number of nitrogens with one attached hydrogen (secondary N) is 1. The van der Waals surface area contributed by atoms with Gasteiger partial charge in [-0.25, -0.2) is 19.6 Å². The lowest BCUT2D eigenvalue weighted by atomic mass is 10.1. The largest absolute Gasteiger partial charge is 0.466 e. The van der Waals surface area contributed by atoms with Crippen LogP contribution in [-0.2, 0) is 11.8 Å². The number of nitrogens with zero attached hydrogens (tertiary/aromatic N) is 6. The van der Waals surface area contributed by atoms with Gasteiger partial charge in [-0.15, -0.1) is 5.10 Å². The van der Waals surface area contributed by atoms with Crippen molar-refractivity contribution in [1.29, 1.82) is 0 Å². The Labute approximate surface area is 183 Å². The third-order valence-electron chi connectivity index (χ3n) is 5.13. The molecular formula is C23H21N7O2. The van der Waals surface area contributed by atoms with Crippen molar-refractivity contribution in [2.45, 2.75) is 13.8 Å². The topological polar surface area (TPSA) is 99.2 Å². The van der Waals surface area contributed by atoms with Crippen molar-refractivity contribution in [3.8, 4) is 17.1 Å². The van der Waals surface area contributed by atoms with Gasteiger partial charge in [0.05, 0.1) is 11.1 Å². The molecule has 9 nitrogen and oxygen atoms in total. The number of hydrogen-bond acceptors (Lipinski definition) is 6. The lowest BCUT2D eigenvalue weighted by molar-refractivity contribution is -0.118. The predicted octanol–water partition coefficient (Wildman–Crippen LogP) is 3.31. The maximum atomic E-state index is 12.4. The van der Waals surface area contributed by atoms with Gasteiger partial charge in [-0.3, -0.25) is 9.20 Å². The van der Waals surface area contributed by atoms with Crippen LogP contribution >= 0.6 is 0 Å². The normalized spacial score (nSPS) is 11.2. The lowest BCUT2D eigenvalue weighted by Gasteiger charge is -2.07. The van der Waals surface area contributed by atoms with Crippen LogP contribution in [-0.4, -0.2) is 41.6 Å². The summed E-state index contributed by atoms with van der Waals surface area (Å²) >= 11 is 0. The number of imidazole rings is 1. The van der Waals surface area contributed by atoms with E-state index in [1.807, 2.05) is 74.1 Å². The molecule has 0 aliphatic carbocycles. The summed E-state index contributed by atoms with van der Waals surface area (Å²) in [6.07, 6.45) is 5.52. The summed E-state index contributed by atoms with van der Waals surface area (Å²) < 4.78 is 9.24. The van der Waals surface area contributed by atoms with Crippen molar-refractivity contribution in [1.82, 2.24) is 29.1 Å². The average molecular weight is 427 g/mol. The second-order valence-corrected chi connectivity index (χ2v) is 7.58. The Morgan fingerprint density at radius 1 is 1.16 bits per heavy atom. The number of aryl methyl sites for hydroxylation is 3. The summed E-state index contributed by atoms with van der Waals surface area (Å²) in [5.41, 5.74) is 5.06. The third kappa shape index (κ3) is 3.64. The Kier molecular flexibility index (Phi) is 4.78. The van der Waals surface area contributed by atoms with Crippen molar-refractivity contribution in [3.05, 3.63) is 66.2 Å². The SMILES string of the molecule is Cc1cc(C)c2c(OCC(=O)Nc3ccc(-c4cn5cccnc5n4)cc3)nn(C)c2n1. The Bertz CT molecular complexity index is 1420. The van der Waals surface area contributed by atoms with Gasteiger partial charge in [0, 0.05) is 42.6 Å². The Hall–Kier alpha value is -4.27. The monoisotopic (exact) mass is 427 g/mol. The highest BCUT2D eigenvalue weighted by atomic mass is 16.5. The molecule has 0 spiro atoms. The van der Waals surface area contributed by atoms with E-state index < -0.39 is 0 Å². The number of carbonyl (C=O) groups excluding carboxylic acids is 1. The summed E-state index contributed by atoms with van der Waals surface area (Å²) in [7, 11) is 1.81. The predicted molar refractivity (Wildman–Crippen MR) is 121 cm³/mol. The smallest absolute Gasteiger partial charge is 0.262 e. The first-order valence-electron chi connectivity index (χ1n) is 10.1. The van der Waals surface area contributed by atoms with Crippen LogP contribution < -0.4 is 10.1 Å². The fraction of sp³-hybridized carbons (Fsp3) is 0.174. The molecule has 1 amide bonds. The molecule has 0 aliphatic heterocycles. The molecule has 5 rings (SSSR count). The number of benzene rings is 1. The summed E-state index contributed by atoms with van der Waals surface area (Å²) in [6.45, 7) is 3.76. The van der Waals surface area contributed by atoms with Gasteiger partial charge in [-0.1, -0.05) is 12.1 Å². The maximum absolute atomic E-state index is 12.4. The first-order valence-corrected chi connectivity index (χ1v) is 10.1. The highest BCUT2D eigenvalue weighted by molar-refractivity contribution is 5.92. The minimum Gasteiger partial charge on any atom is -0.466 e. The zero-order chi connectivity index (χ0) is 22.2. The number of fused-ring (bicyclic) bond motifs is 2. The van der Waals surface area contributed by atoms with Gasteiger partial charge in [0.25, 0.3) is 5.91 Å². The number of carbonyl (C=O) groups is 1. The molecule has 0 atom stereocenters. The van der Waals surface area contributed by atoms with Crippen molar-refractivity contribution in [3.63, 3.8) is 0 Å². The number of hydrogen-bond donors (Lipinski definition) is 1. The van der Waals surface area contributed by atoms with Crippen LogP contribution in [0.3, 0.4) is 0 Å². The van der Waals surface area contributed by atoms with E-state index in [1.165, 1.54) is 0 Å². The minimum absolute atomic E-state index is 0.153. The van der Waals surface area contributed by atoms with Crippen LogP contribution in [0.15, 0.2) is 55.0 Å². The van der Waals surface area contributed by atoms with Crippen LogP contribution in [0.4, 0.5) is 5.69 Å². The highest BCUT2D eigenvalue weighted by Gasteiger charge is 2.16. The van der Waals surface area contributed by atoms with Crippen molar-refractivity contribution < 1.29 is 9.53 Å². The van der Waals surface area contributed by atoms with Crippen LogP contribution in [0, 0.1) is 13.8 Å². The molecule has 160 valence electrons. The van der Waals surface area contributed by atoms with Gasteiger partial charge < -0.3 is 10.1 Å². The van der Waals surface area contributed by atoms with Gasteiger partial charge in [0.2, 0.25) is 11.7 Å². The molecule has 9 heteroatoms. The second-order valence-electron chi connectivity index (χ2n) is 7.58. The molecule has 0 saturated carbocycles. The van der Waals surface area contributed by atoms with E-state index in [0.29, 0.717) is 17.3 Å². The Balaban J connectivity index is 1.26. The first-order chi connectivity index (χ1) is 15.5. The number of ether oxygens (including phenoxy) is 1. The van der Waals surface area contributed by atoms with Crippen molar-refractivity contribution in [2.75, 3.05) is 11.9 Å². The van der Waals surface area contributed by atoms with E-state index >= 15 is 0 Å². The Morgan fingerprint density at radius 2 is 1.97 bits per heavy atom. The fourth-order valence-corrected chi connectivity index (χ4v) is 3.67. The standard InChI is InChI=1S/C23H21N7O2/c1-14-11-15(2)25-21-20(14)22(28-29(21)3)32-13-19(31)26-17-7-5-16(6-8-17)18-12-30-10-4-9-24-23(30)27-18/h4-12H,13H2,1-3H3,(H,26,31). The zero-order valence-electron chi connectivity index (χ0n) is 17.9. The van der Waals surface area contributed by atoms with E-state index in [9.17, 15) is 4.79 Å². The molecule has 0 bridgehead atoms. The van der Waals surface area contributed by atoms with Crippen molar-refractivity contribution in [2.24, 2.45) is 7.05 Å². The number of amides is 1. The first kappa shape index (κ1) is 19.7. The fourth-order valence-electron chi connectivity index (χ4n) is 3.67. The molecule has 32 heavy (non-hydrogen) atoms. The average Bonchev–Trinajstić information content (AvgIpc) is 3.34. The highest BCUT2D eigenvalue weighted by Crippen LogP contribution is 2.27. The van der Waals surface area contributed by atoms with Gasteiger partial charge in [0.1, 0.15) is 0 Å². The molecule has 0 radical (unpaired) electrons. The van der Waals surface area contributed by atoms with Crippen LogP contribution in [0.25, 0.3) is 28.1 Å². The second kappa shape index (κ2) is 7.77. The molecule has 1 aromatic carbocycles. The van der Waals surface area contributed by atoms with Crippen molar-refractivity contribution >= 4 is 28.4 Å². The number of pyridine rings is 1. The van der Waals surface area contributed by atoms with Gasteiger partial charge >= 0.3 is 0 Å². The van der Waals surface area contributed by atoms with E-state index in [0.717, 1.165) is 33.5 Å². The Morgan fingerprint density at radius 3 is 2.75 bits per heavy atom. The quantitative estimate of drug-likeness (QED) is 0.462. The summed E-state index contributed by atoms with van der Waals surface area (Å²) in [5.74, 6) is 0.768. The molecule has 0 saturated heterocycles. The van der Waals surface area contributed by atoms with E-state index in [-0.39, 0.29) is 12.5 Å². The van der Waals surface area contributed by atoms with E-state index in [1.54, 1.807) is 10.9 Å². The van der Waals surface area contributed by atoms with Crippen LogP contribution in [0.1, 0.15) is 11.3 Å². The number of rotatable bonds is 5. The molecule has 0 unspecified atom stereocenters. The molecular weight excluding hydrogens is 406 g/mol. The number of anilines is 1. The number of aromatic nitrogens is 6. The molecule has 4 heterocycles. The zero-order valence-corrected chi connectivity index (χ0v) is 17.9. The lowest BCUT2D eigenvalue weighted by Crippen LogP contribution is -2.20. The minimum atomic E-state index is -0.272. The molecule has 4 aromatic heterocycles. The van der Waals surface area contributed by atoms with Crippen LogP contribution in [0.5, 0.6) is 5.88 Å².